The van der Waals surface area contributed by atoms with Gasteiger partial charge < -0.3 is 20.3 Å². The number of nitrogens with zero attached hydrogens (tertiary/aromatic N) is 1. The van der Waals surface area contributed by atoms with Gasteiger partial charge in [-0.05, 0) is 44.5 Å². The molecule has 0 spiro atoms. The Balaban J connectivity index is 1.62. The van der Waals surface area contributed by atoms with E-state index in [9.17, 15) is 9.59 Å². The van der Waals surface area contributed by atoms with E-state index in [2.05, 4.69) is 10.6 Å². The van der Waals surface area contributed by atoms with Gasteiger partial charge in [0.15, 0.2) is 0 Å². The van der Waals surface area contributed by atoms with Gasteiger partial charge in [0, 0.05) is 12.2 Å². The van der Waals surface area contributed by atoms with Crippen LogP contribution >= 0.6 is 0 Å². The Bertz CT molecular complexity index is 789. The second-order valence-electron chi connectivity index (χ2n) is 6.19. The standard InChI is InChI=1S/C20H23N3O3/c1-3-26-18-7-5-4-6-16(18)21-20(25)22-17-12-13-23(19(17)24)15-10-8-14(2)9-11-15/h4-11,17H,3,12-13H2,1-2H3,(H2,21,22,25)/t17-/m0/s1. The van der Waals surface area contributed by atoms with Crippen molar-refractivity contribution in [2.45, 2.75) is 26.3 Å². The first kappa shape index (κ1) is 17.8. The molecule has 1 saturated heterocycles. The number of aryl methyl sites for hydroxylation is 1. The zero-order valence-corrected chi connectivity index (χ0v) is 15.0. The third-order valence-corrected chi connectivity index (χ3v) is 4.29. The fraction of sp³-hybridized carbons (Fsp3) is 0.300. The lowest BCUT2D eigenvalue weighted by Crippen LogP contribution is -2.43. The van der Waals surface area contributed by atoms with Gasteiger partial charge in [0.25, 0.3) is 0 Å². The molecule has 6 nitrogen and oxygen atoms in total. The van der Waals surface area contributed by atoms with Crippen LogP contribution < -0.4 is 20.3 Å². The smallest absolute Gasteiger partial charge is 0.319 e. The predicted octanol–water partition coefficient (Wildman–Crippen LogP) is 3.32. The van der Waals surface area contributed by atoms with Gasteiger partial charge in [-0.3, -0.25) is 4.79 Å². The third kappa shape index (κ3) is 3.96. The molecular weight excluding hydrogens is 330 g/mol. The first-order chi connectivity index (χ1) is 12.6. The van der Waals surface area contributed by atoms with E-state index in [4.69, 9.17) is 4.74 Å². The van der Waals surface area contributed by atoms with E-state index < -0.39 is 12.1 Å². The third-order valence-electron chi connectivity index (χ3n) is 4.29. The number of amides is 3. The molecule has 2 aromatic carbocycles. The zero-order valence-electron chi connectivity index (χ0n) is 15.0. The lowest BCUT2D eigenvalue weighted by Gasteiger charge is -2.18. The molecule has 136 valence electrons. The minimum absolute atomic E-state index is 0.0953. The molecule has 1 heterocycles. The van der Waals surface area contributed by atoms with Crippen LogP contribution in [-0.2, 0) is 4.79 Å². The zero-order chi connectivity index (χ0) is 18.5. The van der Waals surface area contributed by atoms with Crippen LogP contribution in [0.25, 0.3) is 0 Å². The second kappa shape index (κ2) is 7.91. The molecule has 0 saturated carbocycles. The van der Waals surface area contributed by atoms with E-state index in [0.717, 1.165) is 11.3 Å². The summed E-state index contributed by atoms with van der Waals surface area (Å²) < 4.78 is 5.50. The number of ether oxygens (including phenoxy) is 1. The summed E-state index contributed by atoms with van der Waals surface area (Å²) in [6.07, 6.45) is 0.577. The molecule has 3 rings (SSSR count). The fourth-order valence-corrected chi connectivity index (χ4v) is 2.96. The number of anilines is 2. The molecule has 0 radical (unpaired) electrons. The highest BCUT2D eigenvalue weighted by Gasteiger charge is 2.33. The van der Waals surface area contributed by atoms with Gasteiger partial charge in [-0.15, -0.1) is 0 Å². The van der Waals surface area contributed by atoms with Crippen molar-refractivity contribution >= 4 is 23.3 Å². The van der Waals surface area contributed by atoms with Crippen LogP contribution in [0.1, 0.15) is 18.9 Å². The van der Waals surface area contributed by atoms with Crippen molar-refractivity contribution in [3.63, 3.8) is 0 Å². The summed E-state index contributed by atoms with van der Waals surface area (Å²) in [5, 5.41) is 5.52. The van der Waals surface area contributed by atoms with Crippen LogP contribution in [-0.4, -0.2) is 31.1 Å². The summed E-state index contributed by atoms with van der Waals surface area (Å²) in [4.78, 5) is 26.6. The maximum atomic E-state index is 12.6. The number of hydrogen-bond donors (Lipinski definition) is 2. The van der Waals surface area contributed by atoms with E-state index in [1.54, 1.807) is 17.0 Å². The van der Waals surface area contributed by atoms with Crippen LogP contribution in [0, 0.1) is 6.92 Å². The molecule has 0 aliphatic carbocycles. The van der Waals surface area contributed by atoms with Crippen LogP contribution in [0.4, 0.5) is 16.2 Å². The van der Waals surface area contributed by atoms with Gasteiger partial charge in [0.05, 0.1) is 12.3 Å². The number of hydrogen-bond acceptors (Lipinski definition) is 3. The van der Waals surface area contributed by atoms with Crippen LogP contribution in [0.15, 0.2) is 48.5 Å². The van der Waals surface area contributed by atoms with Crippen LogP contribution in [0.5, 0.6) is 5.75 Å². The summed E-state index contributed by atoms with van der Waals surface area (Å²) in [5.74, 6) is 0.506. The van der Waals surface area contributed by atoms with Crippen LogP contribution in [0.3, 0.4) is 0 Å². The molecule has 0 aromatic heterocycles. The summed E-state index contributed by atoms with van der Waals surface area (Å²) in [6, 6.07) is 14.1. The number of carbonyl (C=O) groups excluding carboxylic acids is 2. The maximum Gasteiger partial charge on any atom is 0.319 e. The summed E-state index contributed by atoms with van der Waals surface area (Å²) >= 11 is 0. The van der Waals surface area contributed by atoms with Crippen molar-refractivity contribution in [2.75, 3.05) is 23.4 Å². The molecule has 26 heavy (non-hydrogen) atoms. The second-order valence-corrected chi connectivity index (χ2v) is 6.19. The van der Waals surface area contributed by atoms with Crippen molar-refractivity contribution in [2.24, 2.45) is 0 Å². The van der Waals surface area contributed by atoms with Gasteiger partial charge in [-0.25, -0.2) is 4.79 Å². The Morgan fingerprint density at radius 3 is 2.65 bits per heavy atom. The lowest BCUT2D eigenvalue weighted by atomic mass is 10.2. The molecule has 3 amide bonds. The van der Waals surface area contributed by atoms with Crippen LogP contribution in [0.2, 0.25) is 0 Å². The molecule has 2 N–H and O–H groups in total. The molecule has 2 aromatic rings. The SMILES string of the molecule is CCOc1ccccc1NC(=O)N[C@H]1CCN(c2ccc(C)cc2)C1=O. The normalized spacial score (nSPS) is 16.5. The molecule has 0 unspecified atom stereocenters. The molecule has 1 aliphatic heterocycles. The molecule has 1 aliphatic rings. The van der Waals surface area contributed by atoms with E-state index in [-0.39, 0.29) is 5.91 Å². The van der Waals surface area contributed by atoms with E-state index in [0.29, 0.717) is 31.0 Å². The average Bonchev–Trinajstić information content (AvgIpc) is 2.98. The first-order valence-electron chi connectivity index (χ1n) is 8.76. The minimum atomic E-state index is -0.532. The number of nitrogens with one attached hydrogen (secondary N) is 2. The number of para-hydroxylation sites is 2. The van der Waals surface area contributed by atoms with Crippen molar-refractivity contribution in [3.05, 3.63) is 54.1 Å². The molecule has 1 fully saturated rings. The topological polar surface area (TPSA) is 70.7 Å². The fourth-order valence-electron chi connectivity index (χ4n) is 2.96. The van der Waals surface area contributed by atoms with Gasteiger partial charge in [0.1, 0.15) is 11.8 Å². The number of benzene rings is 2. The molecule has 0 bridgehead atoms. The Hall–Kier alpha value is -3.02. The Labute approximate surface area is 153 Å². The first-order valence-corrected chi connectivity index (χ1v) is 8.76. The quantitative estimate of drug-likeness (QED) is 0.866. The van der Waals surface area contributed by atoms with Crippen molar-refractivity contribution in [1.29, 1.82) is 0 Å². The largest absolute Gasteiger partial charge is 0.492 e. The van der Waals surface area contributed by atoms with Gasteiger partial charge in [-0.2, -0.15) is 0 Å². The van der Waals surface area contributed by atoms with Gasteiger partial charge >= 0.3 is 6.03 Å². The molecule has 1 atom stereocenters. The van der Waals surface area contributed by atoms with Crippen molar-refractivity contribution in [1.82, 2.24) is 5.32 Å². The van der Waals surface area contributed by atoms with E-state index in [1.165, 1.54) is 0 Å². The number of carbonyl (C=O) groups is 2. The molecular formula is C20H23N3O3. The summed E-state index contributed by atoms with van der Waals surface area (Å²) in [6.45, 7) is 4.98. The van der Waals surface area contributed by atoms with E-state index in [1.807, 2.05) is 50.2 Å². The Morgan fingerprint density at radius 1 is 1.19 bits per heavy atom. The highest BCUT2D eigenvalue weighted by Crippen LogP contribution is 2.24. The maximum absolute atomic E-state index is 12.6. The Kier molecular flexibility index (Phi) is 5.41. The molecule has 6 heteroatoms. The Morgan fingerprint density at radius 2 is 1.92 bits per heavy atom. The van der Waals surface area contributed by atoms with Crippen molar-refractivity contribution < 1.29 is 14.3 Å². The van der Waals surface area contributed by atoms with Gasteiger partial charge in [0.2, 0.25) is 5.91 Å². The predicted molar refractivity (Wildman–Crippen MR) is 102 cm³/mol. The highest BCUT2D eigenvalue weighted by molar-refractivity contribution is 6.02. The van der Waals surface area contributed by atoms with Gasteiger partial charge in [-0.1, -0.05) is 29.8 Å². The lowest BCUT2D eigenvalue weighted by molar-refractivity contribution is -0.118. The summed E-state index contributed by atoms with van der Waals surface area (Å²) in [5.41, 5.74) is 2.57. The highest BCUT2D eigenvalue weighted by atomic mass is 16.5. The number of rotatable bonds is 5. The summed E-state index contributed by atoms with van der Waals surface area (Å²) in [7, 11) is 0. The average molecular weight is 353 g/mol. The minimum Gasteiger partial charge on any atom is -0.492 e. The number of urea groups is 1. The van der Waals surface area contributed by atoms with Crippen molar-refractivity contribution in [3.8, 4) is 5.75 Å². The van der Waals surface area contributed by atoms with E-state index >= 15 is 0 Å². The monoisotopic (exact) mass is 353 g/mol.